The third kappa shape index (κ3) is 4.12. The molecule has 1 N–H and O–H groups in total. The number of likely N-dealkylation sites (tertiary alicyclic amines) is 1. The quantitative estimate of drug-likeness (QED) is 0.865. The number of hydrogen-bond acceptors (Lipinski definition) is 4. The Morgan fingerprint density at radius 1 is 1.27 bits per heavy atom. The van der Waals surface area contributed by atoms with Gasteiger partial charge in [-0.15, -0.1) is 0 Å². The van der Waals surface area contributed by atoms with E-state index in [4.69, 9.17) is 0 Å². The molecule has 140 valence electrons. The van der Waals surface area contributed by atoms with Crippen LogP contribution >= 0.6 is 0 Å². The van der Waals surface area contributed by atoms with Crippen LogP contribution in [0.2, 0.25) is 0 Å². The minimum absolute atomic E-state index is 0.0469. The maximum absolute atomic E-state index is 12.8. The summed E-state index contributed by atoms with van der Waals surface area (Å²) in [5.74, 6) is 0.734. The first kappa shape index (κ1) is 18.6. The molecule has 1 aliphatic heterocycles. The van der Waals surface area contributed by atoms with Crippen LogP contribution < -0.4 is 5.32 Å². The molecule has 6 heteroatoms. The van der Waals surface area contributed by atoms with Gasteiger partial charge >= 0.3 is 0 Å². The molecule has 0 radical (unpaired) electrons. The van der Waals surface area contributed by atoms with Crippen molar-refractivity contribution < 1.29 is 4.79 Å². The minimum Gasteiger partial charge on any atom is -0.352 e. The zero-order chi connectivity index (χ0) is 18.6. The first-order chi connectivity index (χ1) is 12.5. The molecule has 0 saturated carbocycles. The lowest BCUT2D eigenvalue weighted by Gasteiger charge is -2.37. The van der Waals surface area contributed by atoms with Gasteiger partial charge in [0.15, 0.2) is 0 Å². The number of hydrogen-bond donors (Lipinski definition) is 1. The summed E-state index contributed by atoms with van der Waals surface area (Å²) in [5.41, 5.74) is 0.481. The molecule has 2 aromatic rings. The largest absolute Gasteiger partial charge is 0.352 e. The van der Waals surface area contributed by atoms with Crippen molar-refractivity contribution >= 4 is 5.91 Å². The number of nitrogens with one attached hydrogen (secondary N) is 1. The summed E-state index contributed by atoms with van der Waals surface area (Å²) < 4.78 is 1.60. The van der Waals surface area contributed by atoms with E-state index in [1.54, 1.807) is 11.0 Å². The van der Waals surface area contributed by atoms with Gasteiger partial charge in [-0.1, -0.05) is 37.3 Å². The number of benzene rings is 1. The lowest BCUT2D eigenvalue weighted by Crippen LogP contribution is -2.48. The molecule has 2 heterocycles. The number of rotatable bonds is 6. The van der Waals surface area contributed by atoms with Crippen LogP contribution in [0.4, 0.5) is 0 Å². The average Bonchev–Trinajstić information content (AvgIpc) is 3.19. The van der Waals surface area contributed by atoms with Crippen molar-refractivity contribution in [1.29, 1.82) is 0 Å². The molecule has 26 heavy (non-hydrogen) atoms. The van der Waals surface area contributed by atoms with Crippen LogP contribution in [0.15, 0.2) is 43.0 Å². The zero-order valence-electron chi connectivity index (χ0n) is 15.9. The van der Waals surface area contributed by atoms with Gasteiger partial charge in [0.05, 0.1) is 6.04 Å². The average molecular weight is 355 g/mol. The van der Waals surface area contributed by atoms with Crippen LogP contribution in [-0.4, -0.2) is 45.2 Å². The van der Waals surface area contributed by atoms with Gasteiger partial charge < -0.3 is 5.32 Å². The van der Waals surface area contributed by atoms with Crippen molar-refractivity contribution in [1.82, 2.24) is 25.0 Å². The van der Waals surface area contributed by atoms with Crippen LogP contribution in [0.3, 0.4) is 0 Å². The minimum atomic E-state index is -0.770. The SMILES string of the molecule is CC1CCN(C(CNC(=O)C(C)(C)n2cncn2)c2ccccc2)CC1. The molecule has 1 aliphatic rings. The van der Waals surface area contributed by atoms with Gasteiger partial charge in [-0.25, -0.2) is 9.67 Å². The standard InChI is InChI=1S/C20H29N5O/c1-16-9-11-24(12-10-16)18(17-7-5-4-6-8-17)13-22-19(26)20(2,3)25-15-21-14-23-25/h4-8,14-16,18H,9-13H2,1-3H3,(H,22,26). The normalized spacial score (nSPS) is 17.8. The molecule has 1 atom stereocenters. The highest BCUT2D eigenvalue weighted by Gasteiger charge is 2.32. The highest BCUT2D eigenvalue weighted by molar-refractivity contribution is 5.83. The highest BCUT2D eigenvalue weighted by atomic mass is 16.2. The molecule has 1 fully saturated rings. The summed E-state index contributed by atoms with van der Waals surface area (Å²) in [6.07, 6.45) is 5.46. The van der Waals surface area contributed by atoms with Crippen LogP contribution in [0.1, 0.15) is 45.2 Å². The lowest BCUT2D eigenvalue weighted by molar-refractivity contribution is -0.129. The fraction of sp³-hybridized carbons (Fsp3) is 0.550. The van der Waals surface area contributed by atoms with E-state index in [1.807, 2.05) is 19.9 Å². The molecular weight excluding hydrogens is 326 g/mol. The number of aromatic nitrogens is 3. The van der Waals surface area contributed by atoms with E-state index >= 15 is 0 Å². The summed E-state index contributed by atoms with van der Waals surface area (Å²) in [7, 11) is 0. The van der Waals surface area contributed by atoms with E-state index < -0.39 is 5.54 Å². The van der Waals surface area contributed by atoms with Gasteiger partial charge in [-0.05, 0) is 51.3 Å². The molecular formula is C20H29N5O. The maximum atomic E-state index is 12.8. The molecule has 0 bridgehead atoms. The Morgan fingerprint density at radius 2 is 1.96 bits per heavy atom. The Hall–Kier alpha value is -2.21. The van der Waals surface area contributed by atoms with Crippen molar-refractivity contribution in [2.75, 3.05) is 19.6 Å². The topological polar surface area (TPSA) is 63.1 Å². The van der Waals surface area contributed by atoms with Gasteiger partial charge in [0.2, 0.25) is 5.91 Å². The Morgan fingerprint density at radius 3 is 2.58 bits per heavy atom. The Kier molecular flexibility index (Phi) is 5.71. The predicted octanol–water partition coefficient (Wildman–Crippen LogP) is 2.60. The van der Waals surface area contributed by atoms with E-state index in [9.17, 15) is 4.79 Å². The molecule has 1 saturated heterocycles. The summed E-state index contributed by atoms with van der Waals surface area (Å²) in [5, 5.41) is 7.28. The predicted molar refractivity (Wildman–Crippen MR) is 102 cm³/mol. The highest BCUT2D eigenvalue weighted by Crippen LogP contribution is 2.26. The van der Waals surface area contributed by atoms with E-state index in [1.165, 1.54) is 24.7 Å². The molecule has 0 spiro atoms. The summed E-state index contributed by atoms with van der Waals surface area (Å²) in [6.45, 7) is 8.77. The Labute approximate surface area is 155 Å². The van der Waals surface area contributed by atoms with Gasteiger partial charge in [0.1, 0.15) is 18.2 Å². The van der Waals surface area contributed by atoms with Crippen molar-refractivity contribution in [3.05, 3.63) is 48.5 Å². The van der Waals surface area contributed by atoms with E-state index in [0.29, 0.717) is 6.54 Å². The summed E-state index contributed by atoms with van der Waals surface area (Å²) in [4.78, 5) is 19.3. The lowest BCUT2D eigenvalue weighted by atomic mass is 9.95. The second-order valence-electron chi connectivity index (χ2n) is 7.75. The third-order valence-electron chi connectivity index (χ3n) is 5.45. The van der Waals surface area contributed by atoms with Crippen LogP contribution in [-0.2, 0) is 10.3 Å². The van der Waals surface area contributed by atoms with Crippen molar-refractivity contribution in [3.63, 3.8) is 0 Å². The Bertz CT molecular complexity index is 690. The molecule has 1 unspecified atom stereocenters. The van der Waals surface area contributed by atoms with Crippen LogP contribution in [0, 0.1) is 5.92 Å². The number of piperidine rings is 1. The molecule has 0 aliphatic carbocycles. The smallest absolute Gasteiger partial charge is 0.247 e. The van der Waals surface area contributed by atoms with Crippen LogP contribution in [0.25, 0.3) is 0 Å². The zero-order valence-corrected chi connectivity index (χ0v) is 15.9. The fourth-order valence-electron chi connectivity index (χ4n) is 3.48. The molecule has 1 aromatic carbocycles. The Balaban J connectivity index is 1.71. The number of carbonyl (C=O) groups excluding carboxylic acids is 1. The first-order valence-electron chi connectivity index (χ1n) is 9.41. The van der Waals surface area contributed by atoms with Crippen molar-refractivity contribution in [2.45, 2.75) is 45.2 Å². The maximum Gasteiger partial charge on any atom is 0.247 e. The van der Waals surface area contributed by atoms with Gasteiger partial charge in [0.25, 0.3) is 0 Å². The van der Waals surface area contributed by atoms with Crippen LogP contribution in [0.5, 0.6) is 0 Å². The van der Waals surface area contributed by atoms with E-state index in [0.717, 1.165) is 19.0 Å². The van der Waals surface area contributed by atoms with Gasteiger partial charge in [-0.3, -0.25) is 9.69 Å². The third-order valence-corrected chi connectivity index (χ3v) is 5.45. The van der Waals surface area contributed by atoms with E-state index in [2.05, 4.69) is 51.5 Å². The number of carbonyl (C=O) groups is 1. The molecule has 1 aromatic heterocycles. The molecule has 1 amide bonds. The summed E-state index contributed by atoms with van der Waals surface area (Å²) in [6, 6.07) is 10.7. The fourth-order valence-corrected chi connectivity index (χ4v) is 3.48. The molecule has 3 rings (SSSR count). The van der Waals surface area contributed by atoms with Crippen molar-refractivity contribution in [3.8, 4) is 0 Å². The van der Waals surface area contributed by atoms with E-state index in [-0.39, 0.29) is 11.9 Å². The van der Waals surface area contributed by atoms with Gasteiger partial charge in [0, 0.05) is 6.54 Å². The summed E-state index contributed by atoms with van der Waals surface area (Å²) >= 11 is 0. The second-order valence-corrected chi connectivity index (χ2v) is 7.75. The number of nitrogens with zero attached hydrogens (tertiary/aromatic N) is 4. The van der Waals surface area contributed by atoms with Crippen molar-refractivity contribution in [2.24, 2.45) is 5.92 Å². The number of amides is 1. The van der Waals surface area contributed by atoms with Gasteiger partial charge in [-0.2, -0.15) is 5.10 Å². The molecule has 6 nitrogen and oxygen atoms in total. The first-order valence-corrected chi connectivity index (χ1v) is 9.41. The second kappa shape index (κ2) is 7.99. The monoisotopic (exact) mass is 355 g/mol.